The van der Waals surface area contributed by atoms with Gasteiger partial charge >= 0.3 is 5.97 Å². The minimum atomic E-state index is -1.76. The number of aromatic nitrogens is 2. The number of nitrogens with one attached hydrogen (secondary N) is 5. The van der Waals surface area contributed by atoms with Gasteiger partial charge in [-0.25, -0.2) is 9.78 Å². The smallest absolute Gasteiger partial charge is 0.326 e. The van der Waals surface area contributed by atoms with Crippen LogP contribution in [0.25, 0.3) is 0 Å². The third kappa shape index (κ3) is 12.6. The number of amides is 6. The average molecular weight is 744 g/mol. The Morgan fingerprint density at radius 1 is 0.925 bits per heavy atom. The number of hydrogen-bond acceptors (Lipinski definition) is 11. The predicted octanol–water partition coefficient (Wildman–Crippen LogP) is -2.46. The monoisotopic (exact) mass is 743 g/mol. The fraction of sp³-hybridized carbons (Fsp3) is 0.529. The van der Waals surface area contributed by atoms with Gasteiger partial charge < -0.3 is 57.9 Å². The van der Waals surface area contributed by atoms with Gasteiger partial charge in [0, 0.05) is 31.3 Å². The van der Waals surface area contributed by atoms with E-state index in [0.29, 0.717) is 37.1 Å². The van der Waals surface area contributed by atoms with Crippen LogP contribution in [-0.2, 0) is 46.4 Å². The number of nitrogens with two attached hydrogens (primary N) is 2. The van der Waals surface area contributed by atoms with Crippen molar-refractivity contribution in [3.8, 4) is 5.75 Å². The Balaban J connectivity index is 1.87. The van der Waals surface area contributed by atoms with Gasteiger partial charge in [-0.15, -0.1) is 0 Å². The molecule has 53 heavy (non-hydrogen) atoms. The van der Waals surface area contributed by atoms with Crippen LogP contribution in [0.3, 0.4) is 0 Å². The standard InChI is InChI=1S/C34H49N9O10/c1-17(2)11-22(35)33(51)43-10-4-5-26(43)31(49)40-24(13-20-15-37-16-38-20)29(47)39-23(12-19-6-8-21(45)9-7-19)30(48)42-28(18(3)44)32(50)41-25(34(52)53)14-27(36)46/h6-9,15-18,22-26,28,44-45H,4-5,10-14,35H2,1-3H3,(H2,36,46)(H,37,38)(H,39,47)(H,40,49)(H,41,50)(H,42,48)(H,52,53)/t18-,22+,23+,24+,25+,26+,28+/m1/s1. The van der Waals surface area contributed by atoms with E-state index in [4.69, 9.17) is 11.5 Å². The van der Waals surface area contributed by atoms with E-state index in [0.717, 1.165) is 6.92 Å². The zero-order valence-corrected chi connectivity index (χ0v) is 29.8. The first kappa shape index (κ1) is 41.9. The number of phenolic OH excluding ortho intramolecular Hbond substituents is 1. The number of nitrogens with zero attached hydrogens (tertiary/aromatic N) is 2. The van der Waals surface area contributed by atoms with Crippen LogP contribution >= 0.6 is 0 Å². The number of aliphatic hydroxyl groups is 1. The van der Waals surface area contributed by atoms with E-state index in [1.165, 1.54) is 41.7 Å². The van der Waals surface area contributed by atoms with E-state index in [9.17, 15) is 48.9 Å². The second-order valence-corrected chi connectivity index (χ2v) is 13.5. The van der Waals surface area contributed by atoms with Crippen molar-refractivity contribution in [2.24, 2.45) is 17.4 Å². The molecule has 1 fully saturated rings. The van der Waals surface area contributed by atoms with Crippen LogP contribution < -0.4 is 32.7 Å². The number of likely N-dealkylation sites (tertiary alicyclic amines) is 1. The van der Waals surface area contributed by atoms with E-state index >= 15 is 0 Å². The van der Waals surface area contributed by atoms with Gasteiger partial charge in [0.25, 0.3) is 0 Å². The third-order valence-corrected chi connectivity index (χ3v) is 8.58. The van der Waals surface area contributed by atoms with Crippen molar-refractivity contribution in [1.29, 1.82) is 0 Å². The highest BCUT2D eigenvalue weighted by atomic mass is 16.4. The number of aromatic amines is 1. The molecule has 290 valence electrons. The maximum atomic E-state index is 14.0. The Labute approximate surface area is 305 Å². The summed E-state index contributed by atoms with van der Waals surface area (Å²) in [5.74, 6) is -6.47. The molecule has 0 radical (unpaired) electrons. The fourth-order valence-corrected chi connectivity index (χ4v) is 5.89. The van der Waals surface area contributed by atoms with Crippen LogP contribution in [-0.4, -0.2) is 120 Å². The lowest BCUT2D eigenvalue weighted by molar-refractivity contribution is -0.144. The Kier molecular flexibility index (Phi) is 15.3. The number of imidazole rings is 1. The number of aliphatic carboxylic acids is 1. The number of carbonyl (C=O) groups excluding carboxylic acids is 6. The van der Waals surface area contributed by atoms with Gasteiger partial charge in [-0.2, -0.15) is 0 Å². The van der Waals surface area contributed by atoms with Gasteiger partial charge in [0.05, 0.1) is 24.9 Å². The fourth-order valence-electron chi connectivity index (χ4n) is 5.89. The van der Waals surface area contributed by atoms with Gasteiger partial charge in [-0.05, 0) is 49.8 Å². The molecule has 19 nitrogen and oxygen atoms in total. The lowest BCUT2D eigenvalue weighted by atomic mass is 10.0. The van der Waals surface area contributed by atoms with Crippen LogP contribution in [0.2, 0.25) is 0 Å². The maximum Gasteiger partial charge on any atom is 0.326 e. The Morgan fingerprint density at radius 3 is 2.11 bits per heavy atom. The third-order valence-electron chi connectivity index (χ3n) is 8.58. The van der Waals surface area contributed by atoms with Gasteiger partial charge in [0.15, 0.2) is 0 Å². The molecule has 1 aromatic heterocycles. The zero-order valence-electron chi connectivity index (χ0n) is 29.8. The summed E-state index contributed by atoms with van der Waals surface area (Å²) in [5.41, 5.74) is 12.2. The number of hydrogen-bond donors (Lipinski definition) is 10. The molecular formula is C34H49N9O10. The minimum absolute atomic E-state index is 0.0690. The van der Waals surface area contributed by atoms with E-state index in [-0.39, 0.29) is 30.4 Å². The second-order valence-electron chi connectivity index (χ2n) is 13.5. The van der Waals surface area contributed by atoms with Crippen molar-refractivity contribution in [3.63, 3.8) is 0 Å². The van der Waals surface area contributed by atoms with E-state index in [2.05, 4.69) is 31.2 Å². The Bertz CT molecular complexity index is 1600. The van der Waals surface area contributed by atoms with Crippen LogP contribution in [0.1, 0.15) is 57.7 Å². The topological polar surface area (TPSA) is 312 Å². The molecule has 1 saturated heterocycles. The van der Waals surface area contributed by atoms with E-state index in [1.807, 2.05) is 13.8 Å². The number of primary amides is 1. The molecule has 19 heteroatoms. The molecule has 3 rings (SSSR count). The molecule has 0 saturated carbocycles. The second kappa shape index (κ2) is 19.3. The van der Waals surface area contributed by atoms with Gasteiger partial charge in [0.1, 0.15) is 36.0 Å². The number of rotatable bonds is 19. The molecule has 0 spiro atoms. The van der Waals surface area contributed by atoms with Crippen LogP contribution in [0.5, 0.6) is 5.75 Å². The minimum Gasteiger partial charge on any atom is -0.508 e. The number of aliphatic hydroxyl groups excluding tert-OH is 1. The normalized spacial score (nSPS) is 17.5. The summed E-state index contributed by atoms with van der Waals surface area (Å²) in [4.78, 5) is 98.9. The van der Waals surface area contributed by atoms with E-state index in [1.54, 1.807) is 0 Å². The summed E-state index contributed by atoms with van der Waals surface area (Å²) in [6.07, 6.45) is 1.47. The van der Waals surface area contributed by atoms with Crippen LogP contribution in [0, 0.1) is 5.92 Å². The highest BCUT2D eigenvalue weighted by Crippen LogP contribution is 2.20. The molecule has 0 bridgehead atoms. The number of H-pyrrole nitrogens is 1. The largest absolute Gasteiger partial charge is 0.508 e. The van der Waals surface area contributed by atoms with Gasteiger partial charge in [0.2, 0.25) is 35.4 Å². The maximum absolute atomic E-state index is 14.0. The van der Waals surface area contributed by atoms with Crippen molar-refractivity contribution in [2.75, 3.05) is 6.54 Å². The van der Waals surface area contributed by atoms with Crippen LogP contribution in [0.15, 0.2) is 36.8 Å². The molecule has 1 aliphatic heterocycles. The first-order chi connectivity index (χ1) is 25.0. The summed E-state index contributed by atoms with van der Waals surface area (Å²) in [6, 6.07) is -2.29. The molecule has 6 amide bonds. The van der Waals surface area contributed by atoms with Crippen molar-refractivity contribution >= 4 is 41.4 Å². The number of phenols is 1. The van der Waals surface area contributed by atoms with Crippen molar-refractivity contribution in [1.82, 2.24) is 36.1 Å². The van der Waals surface area contributed by atoms with Gasteiger partial charge in [-0.3, -0.25) is 28.8 Å². The van der Waals surface area contributed by atoms with Crippen molar-refractivity contribution < 1.29 is 48.9 Å². The molecule has 7 atom stereocenters. The Hall–Kier alpha value is -5.56. The summed E-state index contributed by atoms with van der Waals surface area (Å²) >= 11 is 0. The summed E-state index contributed by atoms with van der Waals surface area (Å²) in [7, 11) is 0. The molecule has 1 aliphatic rings. The van der Waals surface area contributed by atoms with E-state index < -0.39 is 84.3 Å². The summed E-state index contributed by atoms with van der Waals surface area (Å²) in [5, 5.41) is 39.3. The van der Waals surface area contributed by atoms with Gasteiger partial charge in [-0.1, -0.05) is 26.0 Å². The molecule has 0 unspecified atom stereocenters. The lowest BCUT2D eigenvalue weighted by Crippen LogP contribution is -2.61. The molecule has 2 heterocycles. The molecule has 12 N–H and O–H groups in total. The SMILES string of the molecule is CC(C)C[C@H](N)C(=O)N1CCC[C@H]1C(=O)N[C@@H](Cc1cnc[nH]1)C(=O)N[C@@H](Cc1ccc(O)cc1)C(=O)N[C@H](C(=O)N[C@@H](CC(N)=O)C(=O)O)[C@@H](C)O. The highest BCUT2D eigenvalue weighted by molar-refractivity contribution is 5.97. The van der Waals surface area contributed by atoms with Crippen molar-refractivity contribution in [3.05, 3.63) is 48.0 Å². The number of carboxylic acids is 1. The highest BCUT2D eigenvalue weighted by Gasteiger charge is 2.39. The summed E-state index contributed by atoms with van der Waals surface area (Å²) in [6.45, 7) is 5.32. The first-order valence-corrected chi connectivity index (χ1v) is 17.2. The predicted molar refractivity (Wildman–Crippen MR) is 187 cm³/mol. The zero-order chi connectivity index (χ0) is 39.4. The molecule has 0 aliphatic carbocycles. The molecular weight excluding hydrogens is 694 g/mol. The average Bonchev–Trinajstić information content (AvgIpc) is 3.79. The first-order valence-electron chi connectivity index (χ1n) is 17.2. The van der Waals surface area contributed by atoms with Crippen LogP contribution in [0.4, 0.5) is 0 Å². The number of aromatic hydroxyl groups is 1. The van der Waals surface area contributed by atoms with Crippen molar-refractivity contribution in [2.45, 2.75) is 102 Å². The molecule has 2 aromatic rings. The Morgan fingerprint density at radius 2 is 1.55 bits per heavy atom. The lowest BCUT2D eigenvalue weighted by Gasteiger charge is -2.29. The number of carbonyl (C=O) groups is 7. The number of carboxylic acid groups (broad SMARTS) is 1. The molecule has 1 aromatic carbocycles. The quantitative estimate of drug-likeness (QED) is 0.0717. The number of benzene rings is 1. The summed E-state index contributed by atoms with van der Waals surface area (Å²) < 4.78 is 0.